The van der Waals surface area contributed by atoms with Crippen LogP contribution in [0.4, 0.5) is 0 Å². The lowest BCUT2D eigenvalue weighted by atomic mass is 10.1. The van der Waals surface area contributed by atoms with Crippen LogP contribution in [0.2, 0.25) is 0 Å². The van der Waals surface area contributed by atoms with Gasteiger partial charge in [0.15, 0.2) is 0 Å². The molecule has 0 amide bonds. The Morgan fingerprint density at radius 3 is 2.30 bits per heavy atom. The van der Waals surface area contributed by atoms with Crippen LogP contribution in [-0.4, -0.2) is 15.3 Å². The van der Waals surface area contributed by atoms with Crippen LogP contribution >= 0.6 is 0 Å². The van der Waals surface area contributed by atoms with Gasteiger partial charge in [0, 0.05) is 23.1 Å². The molecular weight excluding hydrogens is 292 g/mol. The Kier molecular flexibility index (Phi) is 3.74. The summed E-state index contributed by atoms with van der Waals surface area (Å²) in [4.78, 5) is 0. The smallest absolute Gasteiger partial charge is 0.138 e. The molecule has 0 spiro atoms. The lowest BCUT2D eigenvalue weighted by molar-refractivity contribution is 0.450. The van der Waals surface area contributed by atoms with Gasteiger partial charge in [-0.25, -0.2) is 0 Å². The Labute approximate surface area is 133 Å². The van der Waals surface area contributed by atoms with Crippen LogP contribution in [0.25, 0.3) is 22.3 Å². The van der Waals surface area contributed by atoms with E-state index in [1.807, 2.05) is 26.0 Å². The molecule has 0 bridgehead atoms. The first-order chi connectivity index (χ1) is 10.9. The quantitative estimate of drug-likeness (QED) is 0.612. The lowest BCUT2D eigenvalue weighted by Gasteiger charge is -2.01. The number of allylic oxidation sites excluding steroid dienone is 2. The molecule has 0 saturated carbocycles. The largest absolute Gasteiger partial charge is 0.508 e. The molecule has 0 saturated heterocycles. The molecule has 0 unspecified atom stereocenters. The van der Waals surface area contributed by atoms with E-state index < -0.39 is 0 Å². The van der Waals surface area contributed by atoms with Gasteiger partial charge in [0.2, 0.25) is 0 Å². The minimum atomic E-state index is -0.0347. The summed E-state index contributed by atoms with van der Waals surface area (Å²) in [5, 5.41) is 30.2. The van der Waals surface area contributed by atoms with Crippen molar-refractivity contribution in [1.29, 1.82) is 0 Å². The summed E-state index contributed by atoms with van der Waals surface area (Å²) >= 11 is 0. The summed E-state index contributed by atoms with van der Waals surface area (Å²) in [6.45, 7) is 4.03. The van der Waals surface area contributed by atoms with E-state index in [2.05, 4.69) is 6.08 Å². The van der Waals surface area contributed by atoms with Crippen LogP contribution in [0.5, 0.6) is 17.2 Å². The highest BCUT2D eigenvalue weighted by Gasteiger charge is 2.11. The molecule has 4 nitrogen and oxygen atoms in total. The van der Waals surface area contributed by atoms with E-state index in [9.17, 15) is 15.3 Å². The molecule has 0 aliphatic heterocycles. The zero-order valence-electron chi connectivity index (χ0n) is 13.0. The van der Waals surface area contributed by atoms with Crippen molar-refractivity contribution in [3.05, 3.63) is 53.6 Å². The SMILES string of the molecule is CC(C)=CCc1cc2cc(-c3cc(O)cc(O)c3)oc2cc1O. The van der Waals surface area contributed by atoms with Crippen molar-refractivity contribution >= 4 is 11.0 Å². The molecule has 118 valence electrons. The van der Waals surface area contributed by atoms with Crippen molar-refractivity contribution in [2.24, 2.45) is 0 Å². The number of benzene rings is 2. The maximum Gasteiger partial charge on any atom is 0.138 e. The van der Waals surface area contributed by atoms with E-state index in [1.165, 1.54) is 23.8 Å². The average Bonchev–Trinajstić information content (AvgIpc) is 2.86. The van der Waals surface area contributed by atoms with Crippen LogP contribution in [0.15, 0.2) is 52.5 Å². The van der Waals surface area contributed by atoms with Crippen molar-refractivity contribution in [2.75, 3.05) is 0 Å². The number of aromatic hydroxyl groups is 3. The highest BCUT2D eigenvalue weighted by molar-refractivity contribution is 5.85. The third-order valence-corrected chi connectivity index (χ3v) is 3.63. The van der Waals surface area contributed by atoms with Crippen LogP contribution < -0.4 is 0 Å². The van der Waals surface area contributed by atoms with E-state index in [-0.39, 0.29) is 17.2 Å². The molecule has 0 atom stereocenters. The summed E-state index contributed by atoms with van der Waals surface area (Å²) < 4.78 is 5.73. The van der Waals surface area contributed by atoms with Gasteiger partial charge in [0.25, 0.3) is 0 Å². The maximum absolute atomic E-state index is 10.1. The Morgan fingerprint density at radius 1 is 0.957 bits per heavy atom. The van der Waals surface area contributed by atoms with Gasteiger partial charge >= 0.3 is 0 Å². The third kappa shape index (κ3) is 3.16. The van der Waals surface area contributed by atoms with Crippen molar-refractivity contribution in [3.8, 4) is 28.6 Å². The minimum Gasteiger partial charge on any atom is -0.508 e. The predicted octanol–water partition coefficient (Wildman–Crippen LogP) is 4.73. The fourth-order valence-electron chi connectivity index (χ4n) is 2.48. The molecule has 0 radical (unpaired) electrons. The van der Waals surface area contributed by atoms with Gasteiger partial charge in [-0.2, -0.15) is 0 Å². The predicted molar refractivity (Wildman–Crippen MR) is 89.8 cm³/mol. The molecule has 23 heavy (non-hydrogen) atoms. The molecule has 4 heteroatoms. The molecule has 1 aromatic heterocycles. The molecule has 1 heterocycles. The lowest BCUT2D eigenvalue weighted by Crippen LogP contribution is -1.83. The van der Waals surface area contributed by atoms with Gasteiger partial charge < -0.3 is 19.7 Å². The number of phenols is 3. The van der Waals surface area contributed by atoms with Crippen LogP contribution in [0, 0.1) is 0 Å². The molecule has 2 aromatic carbocycles. The summed E-state index contributed by atoms with van der Waals surface area (Å²) in [5.41, 5.74) is 3.14. The number of fused-ring (bicyclic) bond motifs is 1. The molecule has 3 aromatic rings. The number of rotatable bonds is 3. The first-order valence-electron chi connectivity index (χ1n) is 7.34. The number of furan rings is 1. The van der Waals surface area contributed by atoms with E-state index in [0.717, 1.165) is 10.9 Å². The zero-order chi connectivity index (χ0) is 16.6. The normalized spacial score (nSPS) is 10.9. The highest BCUT2D eigenvalue weighted by Crippen LogP contribution is 2.35. The van der Waals surface area contributed by atoms with Crippen LogP contribution in [0.1, 0.15) is 19.4 Å². The van der Waals surface area contributed by atoms with Crippen molar-refractivity contribution < 1.29 is 19.7 Å². The minimum absolute atomic E-state index is 0.0347. The first kappa shape index (κ1) is 15.0. The molecule has 0 fully saturated rings. The molecule has 3 N–H and O–H groups in total. The Balaban J connectivity index is 2.06. The fourth-order valence-corrected chi connectivity index (χ4v) is 2.48. The van der Waals surface area contributed by atoms with Crippen molar-refractivity contribution in [1.82, 2.24) is 0 Å². The second kappa shape index (κ2) is 5.72. The average molecular weight is 310 g/mol. The van der Waals surface area contributed by atoms with Gasteiger partial charge in [0.05, 0.1) is 0 Å². The van der Waals surface area contributed by atoms with Gasteiger partial charge in [-0.3, -0.25) is 0 Å². The van der Waals surface area contributed by atoms with Gasteiger partial charge in [-0.05, 0) is 50.1 Å². The summed E-state index contributed by atoms with van der Waals surface area (Å²) in [6, 6.07) is 9.60. The summed E-state index contributed by atoms with van der Waals surface area (Å²) in [5.74, 6) is 0.639. The molecular formula is C19H18O4. The van der Waals surface area contributed by atoms with Crippen molar-refractivity contribution in [2.45, 2.75) is 20.3 Å². The second-order valence-corrected chi connectivity index (χ2v) is 5.85. The van der Waals surface area contributed by atoms with E-state index >= 15 is 0 Å². The highest BCUT2D eigenvalue weighted by atomic mass is 16.3. The van der Waals surface area contributed by atoms with Gasteiger partial charge in [-0.1, -0.05) is 11.6 Å². The maximum atomic E-state index is 10.1. The Bertz CT molecular complexity index is 879. The molecule has 3 rings (SSSR count). The first-order valence-corrected chi connectivity index (χ1v) is 7.34. The standard InChI is InChI=1S/C19H18O4/c1-11(2)3-4-12-5-13-8-18(23-19(13)10-17(12)22)14-6-15(20)9-16(21)7-14/h3,5-10,20-22H,4H2,1-2H3. The third-order valence-electron chi connectivity index (χ3n) is 3.63. The van der Waals surface area contributed by atoms with Gasteiger partial charge in [-0.15, -0.1) is 0 Å². The van der Waals surface area contributed by atoms with Crippen molar-refractivity contribution in [3.63, 3.8) is 0 Å². The number of hydrogen-bond acceptors (Lipinski definition) is 4. The molecule has 0 aliphatic carbocycles. The summed E-state index contributed by atoms with van der Waals surface area (Å²) in [6.07, 6.45) is 2.70. The second-order valence-electron chi connectivity index (χ2n) is 5.85. The van der Waals surface area contributed by atoms with Crippen LogP contribution in [-0.2, 0) is 6.42 Å². The topological polar surface area (TPSA) is 73.8 Å². The molecule has 0 aliphatic rings. The Hall–Kier alpha value is -2.88. The van der Waals surface area contributed by atoms with Crippen LogP contribution in [0.3, 0.4) is 0 Å². The Morgan fingerprint density at radius 2 is 1.65 bits per heavy atom. The zero-order valence-corrected chi connectivity index (χ0v) is 13.0. The van der Waals surface area contributed by atoms with E-state index in [1.54, 1.807) is 6.07 Å². The van der Waals surface area contributed by atoms with Gasteiger partial charge in [0.1, 0.15) is 28.6 Å². The number of phenolic OH excluding ortho intramolecular Hbond substituents is 3. The van der Waals surface area contributed by atoms with E-state index in [0.29, 0.717) is 23.3 Å². The number of hydrogen-bond donors (Lipinski definition) is 3. The monoisotopic (exact) mass is 310 g/mol. The fraction of sp³-hybridized carbons (Fsp3) is 0.158. The van der Waals surface area contributed by atoms with E-state index in [4.69, 9.17) is 4.42 Å². The summed E-state index contributed by atoms with van der Waals surface area (Å²) in [7, 11) is 0.